The van der Waals surface area contributed by atoms with E-state index >= 15 is 0 Å². The van der Waals surface area contributed by atoms with Gasteiger partial charge >= 0.3 is 0 Å². The Bertz CT molecular complexity index is 965. The predicted octanol–water partition coefficient (Wildman–Crippen LogP) is 3.03. The molecule has 0 saturated carbocycles. The van der Waals surface area contributed by atoms with Crippen LogP contribution in [-0.4, -0.2) is 56.3 Å². The first-order valence-electron chi connectivity index (χ1n) is 10.5. The Morgan fingerprint density at radius 2 is 1.67 bits per heavy atom. The summed E-state index contributed by atoms with van der Waals surface area (Å²) >= 11 is 0. The molecule has 6 nitrogen and oxygen atoms in total. The summed E-state index contributed by atoms with van der Waals surface area (Å²) in [7, 11) is -3.56. The molecule has 2 aromatic carbocycles. The largest absolute Gasteiger partial charge is 0.336 e. The maximum absolute atomic E-state index is 12.8. The van der Waals surface area contributed by atoms with E-state index < -0.39 is 10.0 Å². The van der Waals surface area contributed by atoms with Gasteiger partial charge < -0.3 is 4.90 Å². The minimum absolute atomic E-state index is 0.0515. The summed E-state index contributed by atoms with van der Waals surface area (Å²) in [5.74, 6) is -0.0515. The number of sulfonamides is 1. The van der Waals surface area contributed by atoms with Crippen LogP contribution >= 0.6 is 0 Å². The highest BCUT2D eigenvalue weighted by molar-refractivity contribution is 7.89. The summed E-state index contributed by atoms with van der Waals surface area (Å²) in [5, 5.41) is 0. The highest BCUT2D eigenvalue weighted by Gasteiger charge is 2.23. The second-order valence-electron chi connectivity index (χ2n) is 7.95. The standard InChI is InChI=1S/C23H31N3O3S/c1-4-19(3)24-30(28,29)22-11-9-20(10-12-22)23(27)26-15-13-25(14-16-26)17-21-8-6-5-7-18(21)2/h5-12,19,24H,4,13-17H2,1-3H3/t19-/m1/s1. The van der Waals surface area contributed by atoms with E-state index in [1.807, 2.05) is 24.8 Å². The van der Waals surface area contributed by atoms with E-state index in [1.54, 1.807) is 12.1 Å². The van der Waals surface area contributed by atoms with Crippen LogP contribution in [0.5, 0.6) is 0 Å². The fraction of sp³-hybridized carbons (Fsp3) is 0.435. The molecule has 1 atom stereocenters. The molecule has 1 N–H and O–H groups in total. The average Bonchev–Trinajstić information content (AvgIpc) is 2.75. The summed E-state index contributed by atoms with van der Waals surface area (Å²) in [6.45, 7) is 9.75. The summed E-state index contributed by atoms with van der Waals surface area (Å²) in [6.07, 6.45) is 0.714. The summed E-state index contributed by atoms with van der Waals surface area (Å²) in [4.78, 5) is 17.2. The molecule has 3 rings (SSSR count). The summed E-state index contributed by atoms with van der Waals surface area (Å²) in [6, 6.07) is 14.5. The second kappa shape index (κ2) is 9.73. The number of hydrogen-bond donors (Lipinski definition) is 1. The van der Waals surface area contributed by atoms with Crippen LogP contribution in [0.1, 0.15) is 41.8 Å². The topological polar surface area (TPSA) is 69.7 Å². The molecule has 0 aromatic heterocycles. The van der Waals surface area contributed by atoms with Gasteiger partial charge in [0.15, 0.2) is 0 Å². The van der Waals surface area contributed by atoms with Crippen LogP contribution in [0.4, 0.5) is 0 Å². The fourth-order valence-electron chi connectivity index (χ4n) is 3.51. The molecule has 0 radical (unpaired) electrons. The monoisotopic (exact) mass is 429 g/mol. The first-order valence-corrected chi connectivity index (χ1v) is 12.0. The molecule has 0 spiro atoms. The molecular weight excluding hydrogens is 398 g/mol. The number of aryl methyl sites for hydroxylation is 1. The van der Waals surface area contributed by atoms with Gasteiger partial charge in [-0.15, -0.1) is 0 Å². The lowest BCUT2D eigenvalue weighted by Gasteiger charge is -2.35. The molecule has 162 valence electrons. The Morgan fingerprint density at radius 3 is 2.27 bits per heavy atom. The lowest BCUT2D eigenvalue weighted by Crippen LogP contribution is -2.48. The first-order chi connectivity index (χ1) is 14.3. The normalized spacial score (nSPS) is 16.4. The SMILES string of the molecule is CC[C@@H](C)NS(=O)(=O)c1ccc(C(=O)N2CCN(Cc3ccccc3C)CC2)cc1. The number of benzene rings is 2. The van der Waals surface area contributed by atoms with E-state index in [2.05, 4.69) is 34.7 Å². The van der Waals surface area contributed by atoms with Crippen LogP contribution in [0.15, 0.2) is 53.4 Å². The number of hydrogen-bond acceptors (Lipinski definition) is 4. The maximum Gasteiger partial charge on any atom is 0.253 e. The Hall–Kier alpha value is -2.22. The van der Waals surface area contributed by atoms with Gasteiger partial charge in [0.1, 0.15) is 0 Å². The van der Waals surface area contributed by atoms with Gasteiger partial charge in [0, 0.05) is 44.3 Å². The van der Waals surface area contributed by atoms with Crippen LogP contribution in [0.3, 0.4) is 0 Å². The molecule has 1 aliphatic heterocycles. The molecule has 1 aliphatic rings. The number of piperazine rings is 1. The number of amides is 1. The highest BCUT2D eigenvalue weighted by Crippen LogP contribution is 2.16. The van der Waals surface area contributed by atoms with Crippen molar-refractivity contribution in [2.75, 3.05) is 26.2 Å². The number of carbonyl (C=O) groups is 1. The molecule has 1 fully saturated rings. The van der Waals surface area contributed by atoms with E-state index in [0.29, 0.717) is 25.1 Å². The van der Waals surface area contributed by atoms with Gasteiger partial charge in [0.2, 0.25) is 10.0 Å². The van der Waals surface area contributed by atoms with Crippen LogP contribution in [0, 0.1) is 6.92 Å². The van der Waals surface area contributed by atoms with Gasteiger partial charge in [-0.1, -0.05) is 31.2 Å². The third kappa shape index (κ3) is 5.47. The molecule has 7 heteroatoms. The first kappa shape index (κ1) is 22.5. The zero-order chi connectivity index (χ0) is 21.7. The van der Waals surface area contributed by atoms with Crippen molar-refractivity contribution in [1.29, 1.82) is 0 Å². The lowest BCUT2D eigenvalue weighted by atomic mass is 10.1. The third-order valence-corrected chi connectivity index (χ3v) is 7.30. The van der Waals surface area contributed by atoms with Gasteiger partial charge in [-0.25, -0.2) is 13.1 Å². The van der Waals surface area contributed by atoms with Crippen molar-refractivity contribution in [3.05, 3.63) is 65.2 Å². The van der Waals surface area contributed by atoms with Gasteiger partial charge in [0.05, 0.1) is 4.90 Å². The minimum Gasteiger partial charge on any atom is -0.336 e. The summed E-state index contributed by atoms with van der Waals surface area (Å²) < 4.78 is 27.4. The molecular formula is C23H31N3O3S. The molecule has 2 aromatic rings. The summed E-state index contributed by atoms with van der Waals surface area (Å²) in [5.41, 5.74) is 3.12. The van der Waals surface area contributed by atoms with E-state index in [4.69, 9.17) is 0 Å². The Labute approximate surface area is 179 Å². The molecule has 1 saturated heterocycles. The smallest absolute Gasteiger partial charge is 0.253 e. The van der Waals surface area contributed by atoms with Gasteiger partial charge in [-0.2, -0.15) is 0 Å². The Morgan fingerprint density at radius 1 is 1.03 bits per heavy atom. The van der Waals surface area contributed by atoms with Gasteiger partial charge in [-0.3, -0.25) is 9.69 Å². The average molecular weight is 430 g/mol. The minimum atomic E-state index is -3.56. The fourth-order valence-corrected chi connectivity index (χ4v) is 4.84. The number of nitrogens with one attached hydrogen (secondary N) is 1. The number of carbonyl (C=O) groups excluding carboxylic acids is 1. The zero-order valence-corrected chi connectivity index (χ0v) is 18.8. The molecule has 1 amide bonds. The van der Waals surface area contributed by atoms with Crippen molar-refractivity contribution in [1.82, 2.24) is 14.5 Å². The van der Waals surface area contributed by atoms with E-state index in [-0.39, 0.29) is 16.8 Å². The molecule has 0 unspecified atom stereocenters. The number of rotatable bonds is 7. The van der Waals surface area contributed by atoms with Crippen molar-refractivity contribution >= 4 is 15.9 Å². The van der Waals surface area contributed by atoms with Crippen molar-refractivity contribution < 1.29 is 13.2 Å². The van der Waals surface area contributed by atoms with Crippen LogP contribution in [0.2, 0.25) is 0 Å². The van der Waals surface area contributed by atoms with Crippen LogP contribution in [-0.2, 0) is 16.6 Å². The van der Waals surface area contributed by atoms with Gasteiger partial charge in [0.25, 0.3) is 5.91 Å². The van der Waals surface area contributed by atoms with E-state index in [9.17, 15) is 13.2 Å². The highest BCUT2D eigenvalue weighted by atomic mass is 32.2. The Balaban J connectivity index is 1.58. The lowest BCUT2D eigenvalue weighted by molar-refractivity contribution is 0.0628. The van der Waals surface area contributed by atoms with Crippen molar-refractivity contribution in [3.8, 4) is 0 Å². The van der Waals surface area contributed by atoms with Crippen LogP contribution < -0.4 is 4.72 Å². The number of nitrogens with zero attached hydrogens (tertiary/aromatic N) is 2. The predicted molar refractivity (Wildman–Crippen MR) is 119 cm³/mol. The molecule has 30 heavy (non-hydrogen) atoms. The maximum atomic E-state index is 12.8. The van der Waals surface area contributed by atoms with Gasteiger partial charge in [-0.05, 0) is 55.7 Å². The second-order valence-corrected chi connectivity index (χ2v) is 9.66. The quantitative estimate of drug-likeness (QED) is 0.735. The Kier molecular flexibility index (Phi) is 7.28. The zero-order valence-electron chi connectivity index (χ0n) is 18.0. The third-order valence-electron chi connectivity index (χ3n) is 5.69. The van der Waals surface area contributed by atoms with Crippen molar-refractivity contribution in [2.45, 2.75) is 44.7 Å². The molecule has 0 aliphatic carbocycles. The van der Waals surface area contributed by atoms with Crippen molar-refractivity contribution in [2.24, 2.45) is 0 Å². The van der Waals surface area contributed by atoms with Crippen molar-refractivity contribution in [3.63, 3.8) is 0 Å². The van der Waals surface area contributed by atoms with Crippen LogP contribution in [0.25, 0.3) is 0 Å². The van der Waals surface area contributed by atoms with E-state index in [1.165, 1.54) is 23.3 Å². The van der Waals surface area contributed by atoms with E-state index in [0.717, 1.165) is 19.6 Å². The molecule has 1 heterocycles. The molecule has 0 bridgehead atoms.